The fourth-order valence-corrected chi connectivity index (χ4v) is 6.62. The van der Waals surface area contributed by atoms with Crippen molar-refractivity contribution in [2.24, 2.45) is 11.8 Å². The van der Waals surface area contributed by atoms with Crippen molar-refractivity contribution in [3.8, 4) is 0 Å². The number of carbonyl (C=O) groups excluding carboxylic acids is 3. The summed E-state index contributed by atoms with van der Waals surface area (Å²) < 4.78 is 8.18. The number of amides is 3. The van der Waals surface area contributed by atoms with Gasteiger partial charge in [-0.2, -0.15) is 0 Å². The summed E-state index contributed by atoms with van der Waals surface area (Å²) in [6.07, 6.45) is 5.02. The van der Waals surface area contributed by atoms with Gasteiger partial charge in [-0.1, -0.05) is 29.5 Å². The van der Waals surface area contributed by atoms with E-state index in [0.717, 1.165) is 5.52 Å². The molecule has 208 valence electrons. The quantitative estimate of drug-likeness (QED) is 0.320. The summed E-state index contributed by atoms with van der Waals surface area (Å²) in [5.74, 6) is -2.07. The monoisotopic (exact) mass is 536 g/mol. The van der Waals surface area contributed by atoms with Crippen LogP contribution < -0.4 is 0 Å². The first-order valence-corrected chi connectivity index (χ1v) is 13.5. The van der Waals surface area contributed by atoms with Crippen molar-refractivity contribution >= 4 is 28.8 Å². The average Bonchev–Trinajstić information content (AvgIpc) is 3.68. The number of carbonyl (C=O) groups is 3. The third-order valence-electron chi connectivity index (χ3n) is 8.29. The summed E-state index contributed by atoms with van der Waals surface area (Å²) >= 11 is 0. The van der Waals surface area contributed by atoms with Crippen LogP contribution in [0, 0.1) is 11.8 Å². The van der Waals surface area contributed by atoms with E-state index in [1.807, 2.05) is 24.3 Å². The van der Waals surface area contributed by atoms with Gasteiger partial charge in [0.2, 0.25) is 17.7 Å². The molecule has 3 aliphatic rings. The minimum absolute atomic E-state index is 0.0107. The number of aliphatic hydroxyl groups excluding tert-OH is 1. The maximum atomic E-state index is 14.4. The summed E-state index contributed by atoms with van der Waals surface area (Å²) in [7, 11) is 1.69. The molecule has 0 saturated carbocycles. The Morgan fingerprint density at radius 2 is 1.97 bits per heavy atom. The normalized spacial score (nSPS) is 27.1. The molecule has 2 unspecified atom stereocenters. The van der Waals surface area contributed by atoms with Crippen LogP contribution in [0.3, 0.4) is 0 Å². The van der Waals surface area contributed by atoms with E-state index in [9.17, 15) is 19.5 Å². The van der Waals surface area contributed by atoms with Gasteiger partial charge >= 0.3 is 0 Å². The van der Waals surface area contributed by atoms with E-state index in [1.54, 1.807) is 38.6 Å². The number of aromatic nitrogens is 3. The predicted octanol–water partition coefficient (Wildman–Crippen LogP) is 1.19. The Bertz CT molecular complexity index is 1280. The molecule has 11 nitrogen and oxygen atoms in total. The number of ether oxygens (including phenoxy) is 1. The Hall–Kier alpha value is -3.57. The molecule has 3 saturated heterocycles. The maximum Gasteiger partial charge on any atom is 0.250 e. The first kappa shape index (κ1) is 27.0. The number of fused-ring (bicyclic) bond motifs is 2. The lowest BCUT2D eigenvalue weighted by molar-refractivity contribution is -0.149. The van der Waals surface area contributed by atoms with E-state index in [-0.39, 0.29) is 37.5 Å². The number of nitrogens with zero attached hydrogens (tertiary/aromatic N) is 6. The van der Waals surface area contributed by atoms with Crippen LogP contribution in [-0.2, 0) is 25.8 Å². The number of rotatable bonds is 12. The highest BCUT2D eigenvalue weighted by molar-refractivity contribution is 5.99. The molecule has 3 amide bonds. The third-order valence-corrected chi connectivity index (χ3v) is 8.29. The minimum Gasteiger partial charge on any atom is -0.396 e. The fraction of sp³-hybridized carbons (Fsp3) is 0.536. The molecule has 3 aliphatic heterocycles. The highest BCUT2D eigenvalue weighted by Gasteiger charge is 2.74. The molecule has 1 N–H and O–H groups in total. The Labute approximate surface area is 227 Å². The highest BCUT2D eigenvalue weighted by atomic mass is 16.5. The molecule has 11 heteroatoms. The van der Waals surface area contributed by atoms with E-state index in [1.165, 1.54) is 0 Å². The van der Waals surface area contributed by atoms with Crippen LogP contribution in [0.4, 0.5) is 0 Å². The first-order valence-electron chi connectivity index (χ1n) is 13.5. The van der Waals surface area contributed by atoms with Gasteiger partial charge in [0.1, 0.15) is 23.8 Å². The molecule has 2 bridgehead atoms. The number of likely N-dealkylation sites (N-methyl/N-ethyl adjacent to an activating group) is 1. The second-order valence-electron chi connectivity index (χ2n) is 10.6. The van der Waals surface area contributed by atoms with Gasteiger partial charge in [0.05, 0.1) is 23.5 Å². The zero-order chi connectivity index (χ0) is 27.7. The Kier molecular flexibility index (Phi) is 7.55. The average molecular weight is 537 g/mol. The molecule has 4 heterocycles. The van der Waals surface area contributed by atoms with Crippen molar-refractivity contribution in [3.63, 3.8) is 0 Å². The number of para-hydroxylation sites is 1. The molecule has 1 aromatic heterocycles. The molecule has 3 fully saturated rings. The van der Waals surface area contributed by atoms with E-state index in [4.69, 9.17) is 4.74 Å². The van der Waals surface area contributed by atoms with Gasteiger partial charge in [0, 0.05) is 33.3 Å². The SMILES string of the molecule is C=CCN(C)C(=O)[C@@H]1[C@H]2C(=O)N(CCCCO)C(C(=O)N(CC=C)Cn3nnc4ccccc43)C23CC[C@H]1O3. The van der Waals surface area contributed by atoms with Crippen LogP contribution >= 0.6 is 0 Å². The number of benzene rings is 1. The van der Waals surface area contributed by atoms with Crippen molar-refractivity contribution in [1.29, 1.82) is 0 Å². The Morgan fingerprint density at radius 1 is 1.21 bits per heavy atom. The van der Waals surface area contributed by atoms with Crippen LogP contribution in [0.1, 0.15) is 25.7 Å². The fourth-order valence-electron chi connectivity index (χ4n) is 6.62. The van der Waals surface area contributed by atoms with Gasteiger partial charge in [-0.3, -0.25) is 14.4 Å². The first-order chi connectivity index (χ1) is 18.9. The van der Waals surface area contributed by atoms with Crippen molar-refractivity contribution in [1.82, 2.24) is 29.7 Å². The predicted molar refractivity (Wildman–Crippen MR) is 143 cm³/mol. The van der Waals surface area contributed by atoms with E-state index >= 15 is 0 Å². The molecular weight excluding hydrogens is 500 g/mol. The van der Waals surface area contributed by atoms with E-state index < -0.39 is 29.6 Å². The topological polar surface area (TPSA) is 121 Å². The lowest BCUT2D eigenvalue weighted by Gasteiger charge is -2.36. The molecular formula is C28H36N6O5. The number of hydrogen-bond donors (Lipinski definition) is 1. The molecule has 2 aromatic rings. The molecule has 39 heavy (non-hydrogen) atoms. The van der Waals surface area contributed by atoms with Crippen molar-refractivity contribution in [2.75, 3.05) is 33.3 Å². The molecule has 5 rings (SSSR count). The Morgan fingerprint density at radius 3 is 2.72 bits per heavy atom. The second kappa shape index (κ2) is 10.9. The number of hydrogen-bond acceptors (Lipinski definition) is 7. The summed E-state index contributed by atoms with van der Waals surface area (Å²) in [4.78, 5) is 46.7. The van der Waals surface area contributed by atoms with Crippen LogP contribution in [0.15, 0.2) is 49.6 Å². The maximum absolute atomic E-state index is 14.4. The minimum atomic E-state index is -1.09. The standard InChI is InChI=1S/C28H36N6O5/c1-4-14-31(3)25(36)22-21-12-13-28(39-21)23(22)26(37)33(16-8-9-17-35)24(28)27(38)32(15-5-2)18-34-20-11-7-6-10-19(20)29-30-34/h4-7,10-11,21-24,35H,1-2,8-9,12-18H2,3H3/t21-,22+,23+,24?,28?/m1/s1. The van der Waals surface area contributed by atoms with Crippen molar-refractivity contribution in [3.05, 3.63) is 49.6 Å². The lowest BCUT2D eigenvalue weighted by atomic mass is 9.70. The van der Waals surface area contributed by atoms with Gasteiger partial charge in [-0.25, -0.2) is 4.68 Å². The zero-order valence-electron chi connectivity index (χ0n) is 22.3. The van der Waals surface area contributed by atoms with Crippen LogP contribution in [0.5, 0.6) is 0 Å². The highest BCUT2D eigenvalue weighted by Crippen LogP contribution is 2.59. The zero-order valence-corrected chi connectivity index (χ0v) is 22.3. The molecule has 1 aromatic carbocycles. The summed E-state index contributed by atoms with van der Waals surface area (Å²) in [5, 5.41) is 17.8. The number of aliphatic hydroxyl groups is 1. The molecule has 5 atom stereocenters. The molecule has 0 radical (unpaired) electrons. The smallest absolute Gasteiger partial charge is 0.250 e. The van der Waals surface area contributed by atoms with Gasteiger partial charge in [-0.15, -0.1) is 18.3 Å². The summed E-state index contributed by atoms with van der Waals surface area (Å²) in [6.45, 7) is 8.56. The lowest BCUT2D eigenvalue weighted by Crippen LogP contribution is -2.56. The van der Waals surface area contributed by atoms with Gasteiger partial charge < -0.3 is 24.5 Å². The molecule has 0 aliphatic carbocycles. The third kappa shape index (κ3) is 4.43. The van der Waals surface area contributed by atoms with E-state index in [0.29, 0.717) is 44.3 Å². The molecule has 1 spiro atoms. The largest absolute Gasteiger partial charge is 0.396 e. The number of unbranched alkanes of at least 4 members (excludes halogenated alkanes) is 1. The van der Waals surface area contributed by atoms with E-state index in [2.05, 4.69) is 23.5 Å². The second-order valence-corrected chi connectivity index (χ2v) is 10.6. The summed E-state index contributed by atoms with van der Waals surface area (Å²) in [5.41, 5.74) is 0.412. The van der Waals surface area contributed by atoms with Crippen molar-refractivity contribution < 1.29 is 24.2 Å². The Balaban J connectivity index is 1.50. The van der Waals surface area contributed by atoms with Gasteiger partial charge in [-0.05, 0) is 37.8 Å². The van der Waals surface area contributed by atoms with Crippen LogP contribution in [0.2, 0.25) is 0 Å². The van der Waals surface area contributed by atoms with Crippen LogP contribution in [0.25, 0.3) is 11.0 Å². The van der Waals surface area contributed by atoms with Gasteiger partial charge in [0.15, 0.2) is 0 Å². The van der Waals surface area contributed by atoms with Crippen LogP contribution in [-0.4, -0.2) is 104 Å². The van der Waals surface area contributed by atoms with Crippen molar-refractivity contribution in [2.45, 2.75) is 50.1 Å². The number of likely N-dealkylation sites (tertiary alicyclic amines) is 1. The summed E-state index contributed by atoms with van der Waals surface area (Å²) in [6, 6.07) is 6.61. The van der Waals surface area contributed by atoms with Gasteiger partial charge in [0.25, 0.3) is 0 Å².